The molecule has 2 aliphatic heterocycles. The highest BCUT2D eigenvalue weighted by molar-refractivity contribution is 6.02. The predicted molar refractivity (Wildman–Crippen MR) is 138 cm³/mol. The number of allylic oxidation sites excluding steroid dienone is 1. The van der Waals surface area contributed by atoms with Gasteiger partial charge in [0.15, 0.2) is 12.0 Å². The molecular weight excluding hydrogens is 436 g/mol. The number of carbonyl (C=O) groups excluding carboxylic acids is 1. The fraction of sp³-hybridized carbons (Fsp3) is 0.467. The molecule has 35 heavy (non-hydrogen) atoms. The summed E-state index contributed by atoms with van der Waals surface area (Å²) < 4.78 is 12.2. The van der Waals surface area contributed by atoms with E-state index in [4.69, 9.17) is 14.5 Å². The van der Waals surface area contributed by atoms with Crippen LogP contribution in [0.5, 0.6) is 5.75 Å². The van der Waals surface area contributed by atoms with Crippen LogP contribution >= 0.6 is 0 Å². The summed E-state index contributed by atoms with van der Waals surface area (Å²) in [4.78, 5) is 21.6. The molecule has 1 saturated heterocycles. The SMILES string of the molecule is C=CC[C@]12C[C@@]3(O[C@H](C(C)C)N=C3C[C@H](c3ccc(OC)cc3)[C@H]1C)N(Cc1ccccc1)C2=O. The highest BCUT2D eigenvalue weighted by Gasteiger charge is 2.68. The Bertz CT molecular complexity index is 1130. The van der Waals surface area contributed by atoms with E-state index in [2.05, 4.69) is 51.6 Å². The summed E-state index contributed by atoms with van der Waals surface area (Å²) in [6.07, 6.45) is 3.67. The number of methoxy groups -OCH3 is 1. The van der Waals surface area contributed by atoms with Crippen molar-refractivity contribution < 1.29 is 14.3 Å². The molecule has 2 aromatic rings. The highest BCUT2D eigenvalue weighted by atomic mass is 16.6. The van der Waals surface area contributed by atoms with Crippen molar-refractivity contribution in [3.8, 4) is 5.75 Å². The van der Waals surface area contributed by atoms with Crippen molar-refractivity contribution in [2.75, 3.05) is 7.11 Å². The number of nitrogens with zero attached hydrogens (tertiary/aromatic N) is 2. The van der Waals surface area contributed by atoms with E-state index in [-0.39, 0.29) is 29.9 Å². The number of amides is 1. The highest BCUT2D eigenvalue weighted by Crippen LogP contribution is 2.60. The maximum Gasteiger partial charge on any atom is 0.232 e. The lowest BCUT2D eigenvalue weighted by molar-refractivity contribution is -0.154. The molecule has 5 rings (SSSR count). The molecule has 0 aromatic heterocycles. The van der Waals surface area contributed by atoms with Gasteiger partial charge < -0.3 is 14.4 Å². The summed E-state index contributed by atoms with van der Waals surface area (Å²) >= 11 is 0. The zero-order chi connectivity index (χ0) is 24.8. The molecule has 0 radical (unpaired) electrons. The molecule has 184 valence electrons. The second-order valence-corrected chi connectivity index (χ2v) is 10.7. The average Bonchev–Trinajstić information content (AvgIpc) is 3.31. The minimum absolute atomic E-state index is 0.0912. The molecule has 0 N–H and O–H groups in total. The van der Waals surface area contributed by atoms with Gasteiger partial charge in [0.2, 0.25) is 5.91 Å². The quantitative estimate of drug-likeness (QED) is 0.467. The van der Waals surface area contributed by atoms with E-state index < -0.39 is 11.1 Å². The second-order valence-electron chi connectivity index (χ2n) is 10.7. The summed E-state index contributed by atoms with van der Waals surface area (Å²) in [6.45, 7) is 11.1. The lowest BCUT2D eigenvalue weighted by Gasteiger charge is -2.40. The topological polar surface area (TPSA) is 51.1 Å². The first-order valence-corrected chi connectivity index (χ1v) is 12.7. The van der Waals surface area contributed by atoms with E-state index in [1.807, 2.05) is 41.3 Å². The number of fused-ring (bicyclic) bond motifs is 1. The van der Waals surface area contributed by atoms with Gasteiger partial charge in [-0.3, -0.25) is 9.79 Å². The van der Waals surface area contributed by atoms with E-state index in [1.54, 1.807) is 7.11 Å². The van der Waals surface area contributed by atoms with Gasteiger partial charge in [0.25, 0.3) is 0 Å². The molecule has 1 amide bonds. The van der Waals surface area contributed by atoms with Gasteiger partial charge in [-0.2, -0.15) is 0 Å². The molecule has 0 unspecified atom stereocenters. The van der Waals surface area contributed by atoms with E-state index in [0.29, 0.717) is 19.4 Å². The van der Waals surface area contributed by atoms with E-state index >= 15 is 0 Å². The van der Waals surface area contributed by atoms with Crippen molar-refractivity contribution in [1.29, 1.82) is 0 Å². The predicted octanol–water partition coefficient (Wildman–Crippen LogP) is 5.96. The zero-order valence-corrected chi connectivity index (χ0v) is 21.2. The van der Waals surface area contributed by atoms with Crippen LogP contribution in [0.3, 0.4) is 0 Å². The Morgan fingerprint density at radius 2 is 1.91 bits per heavy atom. The third-order valence-electron chi connectivity index (χ3n) is 8.41. The van der Waals surface area contributed by atoms with Crippen LogP contribution in [0.25, 0.3) is 0 Å². The third kappa shape index (κ3) is 3.72. The molecule has 2 bridgehead atoms. The van der Waals surface area contributed by atoms with Crippen molar-refractivity contribution >= 4 is 11.6 Å². The minimum atomic E-state index is -0.805. The lowest BCUT2D eigenvalue weighted by atomic mass is 9.66. The zero-order valence-electron chi connectivity index (χ0n) is 21.2. The number of rotatable bonds is 7. The maximum atomic E-state index is 14.5. The van der Waals surface area contributed by atoms with Crippen LogP contribution in [0, 0.1) is 17.3 Å². The maximum absolute atomic E-state index is 14.5. The van der Waals surface area contributed by atoms with Crippen LogP contribution in [0.1, 0.15) is 57.1 Å². The van der Waals surface area contributed by atoms with Gasteiger partial charge in [-0.15, -0.1) is 6.58 Å². The molecule has 1 spiro atoms. The van der Waals surface area contributed by atoms with Gasteiger partial charge in [0, 0.05) is 18.9 Å². The van der Waals surface area contributed by atoms with Crippen LogP contribution in [-0.4, -0.2) is 35.6 Å². The lowest BCUT2D eigenvalue weighted by Crippen LogP contribution is -2.53. The summed E-state index contributed by atoms with van der Waals surface area (Å²) in [5.41, 5.74) is 1.93. The van der Waals surface area contributed by atoms with Crippen LogP contribution in [-0.2, 0) is 16.1 Å². The van der Waals surface area contributed by atoms with E-state index in [1.165, 1.54) is 5.56 Å². The Balaban J connectivity index is 1.64. The second kappa shape index (κ2) is 8.94. The van der Waals surface area contributed by atoms with Crippen molar-refractivity contribution in [3.63, 3.8) is 0 Å². The number of hydrogen-bond acceptors (Lipinski definition) is 4. The van der Waals surface area contributed by atoms with E-state index in [0.717, 1.165) is 23.4 Å². The van der Waals surface area contributed by atoms with Crippen molar-refractivity contribution in [3.05, 3.63) is 78.4 Å². The minimum Gasteiger partial charge on any atom is -0.497 e. The summed E-state index contributed by atoms with van der Waals surface area (Å²) in [7, 11) is 1.68. The smallest absolute Gasteiger partial charge is 0.232 e. The van der Waals surface area contributed by atoms with Crippen LogP contribution < -0.4 is 4.74 Å². The summed E-state index contributed by atoms with van der Waals surface area (Å²) in [6, 6.07) is 18.5. The number of hydrogen-bond donors (Lipinski definition) is 0. The van der Waals surface area contributed by atoms with Crippen LogP contribution in [0.15, 0.2) is 72.2 Å². The van der Waals surface area contributed by atoms with Gasteiger partial charge in [-0.05, 0) is 47.9 Å². The summed E-state index contributed by atoms with van der Waals surface area (Å²) in [5.74, 6) is 1.46. The van der Waals surface area contributed by atoms with Crippen molar-refractivity contribution in [2.45, 2.75) is 64.4 Å². The normalized spacial score (nSPS) is 31.8. The molecular formula is C30H36N2O3. The fourth-order valence-electron chi connectivity index (χ4n) is 6.39. The van der Waals surface area contributed by atoms with Gasteiger partial charge in [-0.25, -0.2) is 0 Å². The first-order chi connectivity index (χ1) is 16.8. The number of aliphatic imine (C=N–C) groups is 1. The Labute approximate surface area is 208 Å². The molecule has 3 aliphatic rings. The molecule has 1 aliphatic carbocycles. The van der Waals surface area contributed by atoms with Gasteiger partial charge >= 0.3 is 0 Å². The standard InChI is InChI=1S/C30H36N2O3/c1-6-16-29-19-30(32(28(29)33)18-22-10-8-7-9-11-22)26(31-27(35-30)20(2)3)17-25(21(29)4)23-12-14-24(34-5)15-13-23/h6-15,20-21,25,27H,1,16-19H2,2-5H3/t21-,25+,27-,29+,30+/m1/s1. The monoisotopic (exact) mass is 472 g/mol. The largest absolute Gasteiger partial charge is 0.497 e. The Kier molecular flexibility index (Phi) is 6.08. The molecule has 5 heteroatoms. The molecule has 2 heterocycles. The number of likely N-dealkylation sites (tertiary alicyclic amines) is 1. The van der Waals surface area contributed by atoms with Crippen molar-refractivity contribution in [1.82, 2.24) is 4.90 Å². The number of ether oxygens (including phenoxy) is 2. The molecule has 2 aromatic carbocycles. The Morgan fingerprint density at radius 3 is 2.54 bits per heavy atom. The van der Waals surface area contributed by atoms with Gasteiger partial charge in [0.1, 0.15) is 5.75 Å². The van der Waals surface area contributed by atoms with Crippen LogP contribution in [0.4, 0.5) is 0 Å². The van der Waals surface area contributed by atoms with E-state index in [9.17, 15) is 4.79 Å². The van der Waals surface area contributed by atoms with Gasteiger partial charge in [-0.1, -0.05) is 69.3 Å². The fourth-order valence-corrected chi connectivity index (χ4v) is 6.39. The first-order valence-electron chi connectivity index (χ1n) is 12.7. The number of carbonyl (C=O) groups is 1. The molecule has 5 nitrogen and oxygen atoms in total. The third-order valence-corrected chi connectivity index (χ3v) is 8.41. The Hall–Kier alpha value is -2.92. The first kappa shape index (κ1) is 23.8. The van der Waals surface area contributed by atoms with Gasteiger partial charge in [0.05, 0.1) is 18.2 Å². The number of benzene rings is 2. The average molecular weight is 473 g/mol. The van der Waals surface area contributed by atoms with Crippen molar-refractivity contribution in [2.24, 2.45) is 22.2 Å². The molecule has 1 saturated carbocycles. The molecule has 5 atom stereocenters. The Morgan fingerprint density at radius 1 is 1.20 bits per heavy atom. The molecule has 2 fully saturated rings. The summed E-state index contributed by atoms with van der Waals surface area (Å²) in [5, 5.41) is 0. The van der Waals surface area contributed by atoms with Crippen LogP contribution in [0.2, 0.25) is 0 Å².